The topological polar surface area (TPSA) is 73.9 Å². The smallest absolute Gasteiger partial charge is 0.271 e. The second-order valence-corrected chi connectivity index (χ2v) is 10.1. The molecule has 2 aromatic heterocycles. The van der Waals surface area contributed by atoms with Gasteiger partial charge in [0.1, 0.15) is 28.5 Å². The molecule has 5 rings (SSSR count). The quantitative estimate of drug-likeness (QED) is 0.414. The van der Waals surface area contributed by atoms with E-state index in [1.807, 2.05) is 35.8 Å². The minimum atomic E-state index is -1.01. The zero-order valence-corrected chi connectivity index (χ0v) is 20.8. The lowest BCUT2D eigenvalue weighted by Gasteiger charge is -2.44. The number of hydrogen-bond donors (Lipinski definition) is 0. The van der Waals surface area contributed by atoms with Crippen LogP contribution in [-0.4, -0.2) is 40.9 Å². The van der Waals surface area contributed by atoms with Gasteiger partial charge in [0.2, 0.25) is 0 Å². The molecule has 1 atom stereocenters. The monoisotopic (exact) mass is 478 g/mol. The van der Waals surface area contributed by atoms with Crippen LogP contribution in [0.3, 0.4) is 0 Å². The van der Waals surface area contributed by atoms with Crippen molar-refractivity contribution >= 4 is 22.6 Å². The van der Waals surface area contributed by atoms with Crippen molar-refractivity contribution in [1.82, 2.24) is 9.47 Å². The minimum absolute atomic E-state index is 0.110. The Kier molecular flexibility index (Phi) is 6.34. The number of benzene rings is 1. The van der Waals surface area contributed by atoms with Crippen LogP contribution in [0.4, 0.5) is 0 Å². The molecule has 2 aliphatic rings. The van der Waals surface area contributed by atoms with Crippen molar-refractivity contribution < 1.29 is 23.5 Å². The maximum absolute atomic E-state index is 14.0. The van der Waals surface area contributed by atoms with E-state index in [0.29, 0.717) is 41.8 Å². The number of nitrogens with zero attached hydrogens (tertiary/aromatic N) is 2. The maximum Gasteiger partial charge on any atom is 0.271 e. The summed E-state index contributed by atoms with van der Waals surface area (Å²) in [6, 6.07) is 9.19. The van der Waals surface area contributed by atoms with Crippen molar-refractivity contribution in [3.05, 3.63) is 48.0 Å². The molecule has 1 aliphatic carbocycles. The number of fused-ring (bicyclic) bond motifs is 3. The number of ketones is 1. The number of hydrogen-bond acceptors (Lipinski definition) is 5. The predicted molar refractivity (Wildman–Crippen MR) is 133 cm³/mol. The molecule has 1 unspecified atom stereocenters. The molecule has 3 heterocycles. The molecule has 0 saturated heterocycles. The van der Waals surface area contributed by atoms with E-state index in [1.54, 1.807) is 31.4 Å². The van der Waals surface area contributed by atoms with Crippen LogP contribution in [0.1, 0.15) is 68.1 Å². The first-order valence-electron chi connectivity index (χ1n) is 12.6. The molecule has 1 saturated carbocycles. The summed E-state index contributed by atoms with van der Waals surface area (Å²) in [7, 11) is 3.23. The summed E-state index contributed by atoms with van der Waals surface area (Å²) in [5.74, 6) is 2.27. The summed E-state index contributed by atoms with van der Waals surface area (Å²) >= 11 is 0. The van der Waals surface area contributed by atoms with Gasteiger partial charge < -0.3 is 23.4 Å². The van der Waals surface area contributed by atoms with Gasteiger partial charge in [0.15, 0.2) is 5.78 Å². The van der Waals surface area contributed by atoms with Crippen molar-refractivity contribution in [1.29, 1.82) is 0 Å². The molecule has 1 fully saturated rings. The van der Waals surface area contributed by atoms with Crippen molar-refractivity contribution in [2.24, 2.45) is 5.92 Å². The van der Waals surface area contributed by atoms with E-state index in [-0.39, 0.29) is 18.2 Å². The average molecular weight is 479 g/mol. The fourth-order valence-corrected chi connectivity index (χ4v) is 5.86. The van der Waals surface area contributed by atoms with Crippen LogP contribution in [0.2, 0.25) is 0 Å². The molecule has 7 nitrogen and oxygen atoms in total. The highest BCUT2D eigenvalue weighted by Crippen LogP contribution is 2.41. The van der Waals surface area contributed by atoms with Crippen LogP contribution in [0.25, 0.3) is 10.9 Å². The Balaban J connectivity index is 1.60. The summed E-state index contributed by atoms with van der Waals surface area (Å²) in [5.41, 5.74) is 0.291. The highest BCUT2D eigenvalue weighted by Gasteiger charge is 2.48. The molecular weight excluding hydrogens is 444 g/mol. The zero-order valence-electron chi connectivity index (χ0n) is 20.8. The van der Waals surface area contributed by atoms with E-state index in [1.165, 1.54) is 25.7 Å². The number of amides is 1. The van der Waals surface area contributed by atoms with Crippen LogP contribution in [0, 0.1) is 5.92 Å². The first kappa shape index (κ1) is 23.5. The average Bonchev–Trinajstić information content (AvgIpc) is 3.43. The fourth-order valence-electron chi connectivity index (χ4n) is 5.86. The zero-order chi connectivity index (χ0) is 24.6. The molecule has 1 amide bonds. The lowest BCUT2D eigenvalue weighted by Crippen LogP contribution is -2.60. The molecule has 35 heavy (non-hydrogen) atoms. The van der Waals surface area contributed by atoms with Crippen molar-refractivity contribution in [2.45, 2.75) is 70.5 Å². The lowest BCUT2D eigenvalue weighted by atomic mass is 9.83. The molecule has 3 aromatic rings. The standard InChI is InChI=1S/C28H34N2O5/c1-28(25(31)15-19-9-6-4-5-7-10-19)18-29-22(27(32)30(28)17-20-11-8-14-35-20)16-21-23(33-2)12-13-24(34-3)26(21)29/h8,11-14,16,19H,4-7,9-10,15,17-18H2,1-3H3. The molecule has 1 aliphatic heterocycles. The normalized spacial score (nSPS) is 21.1. The molecule has 1 aromatic carbocycles. The molecule has 0 spiro atoms. The van der Waals surface area contributed by atoms with Gasteiger partial charge in [-0.25, -0.2) is 0 Å². The Hall–Kier alpha value is -3.22. The SMILES string of the molecule is COc1ccc(OC)c2c1cc1n2CC(C)(C(=O)CC2CCCCCC2)N(Cc2ccco2)C1=O. The summed E-state index contributed by atoms with van der Waals surface area (Å²) in [6.07, 6.45) is 9.08. The van der Waals surface area contributed by atoms with E-state index < -0.39 is 5.54 Å². The Morgan fingerprint density at radius 2 is 1.80 bits per heavy atom. The van der Waals surface area contributed by atoms with Gasteiger partial charge >= 0.3 is 0 Å². The maximum atomic E-state index is 14.0. The Morgan fingerprint density at radius 3 is 2.46 bits per heavy atom. The van der Waals surface area contributed by atoms with E-state index in [0.717, 1.165) is 23.7 Å². The van der Waals surface area contributed by atoms with Crippen LogP contribution < -0.4 is 9.47 Å². The molecule has 186 valence electrons. The molecule has 0 N–H and O–H groups in total. The van der Waals surface area contributed by atoms with Crippen LogP contribution in [-0.2, 0) is 17.9 Å². The molecular formula is C28H34N2O5. The Labute approximate surface area is 206 Å². The van der Waals surface area contributed by atoms with Crippen LogP contribution >= 0.6 is 0 Å². The summed E-state index contributed by atoms with van der Waals surface area (Å²) in [6.45, 7) is 2.51. The van der Waals surface area contributed by atoms with Gasteiger partial charge in [-0.15, -0.1) is 0 Å². The second kappa shape index (κ2) is 9.44. The highest BCUT2D eigenvalue weighted by molar-refractivity contribution is 6.06. The van der Waals surface area contributed by atoms with Crippen molar-refractivity contribution in [3.63, 3.8) is 0 Å². The third-order valence-corrected chi connectivity index (χ3v) is 7.89. The predicted octanol–water partition coefficient (Wildman–Crippen LogP) is 5.60. The van der Waals surface area contributed by atoms with E-state index >= 15 is 0 Å². The van der Waals surface area contributed by atoms with E-state index in [2.05, 4.69) is 0 Å². The Bertz CT molecular complexity index is 1220. The molecule has 7 heteroatoms. The number of aromatic nitrogens is 1. The first-order chi connectivity index (χ1) is 17.0. The third-order valence-electron chi connectivity index (χ3n) is 7.89. The van der Waals surface area contributed by atoms with E-state index in [4.69, 9.17) is 13.9 Å². The number of methoxy groups -OCH3 is 2. The van der Waals surface area contributed by atoms with Gasteiger partial charge in [-0.1, -0.05) is 38.5 Å². The molecule has 0 bridgehead atoms. The van der Waals surface area contributed by atoms with Crippen molar-refractivity contribution in [2.75, 3.05) is 14.2 Å². The van der Waals surface area contributed by atoms with Gasteiger partial charge in [0.25, 0.3) is 5.91 Å². The summed E-state index contributed by atoms with van der Waals surface area (Å²) in [4.78, 5) is 29.8. The minimum Gasteiger partial charge on any atom is -0.496 e. The largest absolute Gasteiger partial charge is 0.496 e. The number of rotatable bonds is 7. The number of furan rings is 1. The number of Topliss-reactive ketones (excluding diaryl/α,β-unsaturated/α-hetero) is 1. The van der Waals surface area contributed by atoms with Gasteiger partial charge in [-0.2, -0.15) is 0 Å². The van der Waals surface area contributed by atoms with Gasteiger partial charge in [-0.05, 0) is 43.2 Å². The first-order valence-corrected chi connectivity index (χ1v) is 12.6. The highest BCUT2D eigenvalue weighted by atomic mass is 16.5. The lowest BCUT2D eigenvalue weighted by molar-refractivity contribution is -0.132. The van der Waals surface area contributed by atoms with Crippen molar-refractivity contribution in [3.8, 4) is 11.5 Å². The van der Waals surface area contributed by atoms with Gasteiger partial charge in [0, 0.05) is 11.8 Å². The Morgan fingerprint density at radius 1 is 1.09 bits per heavy atom. The van der Waals surface area contributed by atoms with Gasteiger partial charge in [-0.3, -0.25) is 9.59 Å². The summed E-state index contributed by atoms with van der Waals surface area (Å²) < 4.78 is 18.8. The third kappa shape index (κ3) is 4.11. The van der Waals surface area contributed by atoms with Crippen LogP contribution in [0.5, 0.6) is 11.5 Å². The summed E-state index contributed by atoms with van der Waals surface area (Å²) in [5, 5.41) is 0.800. The molecule has 0 radical (unpaired) electrons. The van der Waals surface area contributed by atoms with Crippen LogP contribution in [0.15, 0.2) is 41.0 Å². The number of carbonyl (C=O) groups excluding carboxylic acids is 2. The van der Waals surface area contributed by atoms with E-state index in [9.17, 15) is 9.59 Å². The number of ether oxygens (including phenoxy) is 2. The fraction of sp³-hybridized carbons (Fsp3) is 0.500. The number of carbonyl (C=O) groups is 2. The van der Waals surface area contributed by atoms with Gasteiger partial charge in [0.05, 0.1) is 39.1 Å². The second-order valence-electron chi connectivity index (χ2n) is 10.1.